The van der Waals surface area contributed by atoms with Crippen LogP contribution in [-0.2, 0) is 6.42 Å². The van der Waals surface area contributed by atoms with Crippen LogP contribution in [0.4, 0.5) is 11.5 Å². The lowest BCUT2D eigenvalue weighted by Crippen LogP contribution is -2.29. The average Bonchev–Trinajstić information content (AvgIpc) is 3.01. The zero-order valence-electron chi connectivity index (χ0n) is 14.6. The Balaban J connectivity index is 2.18. The lowest BCUT2D eigenvalue weighted by Gasteiger charge is -2.33. The second-order valence-electron chi connectivity index (χ2n) is 6.13. The number of para-hydroxylation sites is 1. The van der Waals surface area contributed by atoms with Crippen LogP contribution in [0.5, 0.6) is 11.9 Å². The van der Waals surface area contributed by atoms with E-state index in [1.165, 1.54) is 14.2 Å². The molecule has 1 aromatic heterocycles. The van der Waals surface area contributed by atoms with Gasteiger partial charge in [-0.05, 0) is 18.9 Å². The maximum Gasteiger partial charge on any atom is 0.321 e. The van der Waals surface area contributed by atoms with Crippen LogP contribution in [0, 0.1) is 22.7 Å². The van der Waals surface area contributed by atoms with E-state index in [-0.39, 0.29) is 23.5 Å². The zero-order valence-corrected chi connectivity index (χ0v) is 14.6. The van der Waals surface area contributed by atoms with Crippen molar-refractivity contribution in [3.8, 4) is 24.0 Å². The predicted octanol–water partition coefficient (Wildman–Crippen LogP) is 2.74. The largest absolute Gasteiger partial charge is 0.480 e. The minimum absolute atomic E-state index is 0.00548. The van der Waals surface area contributed by atoms with Crippen molar-refractivity contribution >= 4 is 17.1 Å². The SMILES string of the molecule is COc1nc(OC)c2c(n1)N1c3c(cccc3C2=C(C#N)C#N)CC1C. The Kier molecular flexibility index (Phi) is 3.52. The van der Waals surface area contributed by atoms with Crippen LogP contribution in [0.2, 0.25) is 0 Å². The van der Waals surface area contributed by atoms with Crippen molar-refractivity contribution in [1.29, 1.82) is 10.5 Å². The zero-order chi connectivity index (χ0) is 18.4. The molecular weight excluding hydrogens is 330 g/mol. The molecule has 2 aliphatic rings. The number of rotatable bonds is 2. The first-order chi connectivity index (χ1) is 12.6. The topological polar surface area (TPSA) is 95.1 Å². The number of nitriles is 2. The molecule has 7 nitrogen and oxygen atoms in total. The normalized spacial score (nSPS) is 16.3. The fourth-order valence-corrected chi connectivity index (χ4v) is 3.76. The Morgan fingerprint density at radius 2 is 1.96 bits per heavy atom. The van der Waals surface area contributed by atoms with Crippen LogP contribution in [-0.4, -0.2) is 30.2 Å². The number of hydrogen-bond acceptors (Lipinski definition) is 7. The van der Waals surface area contributed by atoms with Crippen LogP contribution in [0.1, 0.15) is 23.6 Å². The van der Waals surface area contributed by atoms with Gasteiger partial charge in [-0.1, -0.05) is 18.2 Å². The molecule has 2 aliphatic heterocycles. The monoisotopic (exact) mass is 345 g/mol. The molecule has 0 saturated carbocycles. The summed E-state index contributed by atoms with van der Waals surface area (Å²) in [6.07, 6.45) is 0.846. The van der Waals surface area contributed by atoms with Gasteiger partial charge in [0.15, 0.2) is 5.82 Å². The van der Waals surface area contributed by atoms with Gasteiger partial charge >= 0.3 is 6.01 Å². The Labute approximate surface area is 150 Å². The van der Waals surface area contributed by atoms with Crippen molar-refractivity contribution in [2.24, 2.45) is 0 Å². The Morgan fingerprint density at radius 3 is 2.62 bits per heavy atom. The van der Waals surface area contributed by atoms with Crippen molar-refractivity contribution in [2.45, 2.75) is 19.4 Å². The van der Waals surface area contributed by atoms with Gasteiger partial charge in [0.25, 0.3) is 0 Å². The molecule has 0 fully saturated rings. The molecule has 1 atom stereocenters. The molecule has 0 aliphatic carbocycles. The van der Waals surface area contributed by atoms with E-state index in [1.54, 1.807) is 0 Å². The van der Waals surface area contributed by atoms with Crippen LogP contribution >= 0.6 is 0 Å². The van der Waals surface area contributed by atoms with Crippen LogP contribution in [0.25, 0.3) is 5.57 Å². The van der Waals surface area contributed by atoms with Crippen molar-refractivity contribution in [2.75, 3.05) is 19.1 Å². The molecule has 7 heteroatoms. The molecule has 4 rings (SSSR count). The number of allylic oxidation sites excluding steroid dienone is 1. The second-order valence-corrected chi connectivity index (χ2v) is 6.13. The Bertz CT molecular complexity index is 1030. The molecule has 0 bridgehead atoms. The Hall–Kier alpha value is -3.58. The van der Waals surface area contributed by atoms with Gasteiger partial charge in [0.2, 0.25) is 5.88 Å². The maximum atomic E-state index is 9.55. The quantitative estimate of drug-likeness (QED) is 0.772. The summed E-state index contributed by atoms with van der Waals surface area (Å²) in [5.74, 6) is 0.872. The highest BCUT2D eigenvalue weighted by Gasteiger charge is 2.40. The molecule has 3 heterocycles. The van der Waals surface area contributed by atoms with Gasteiger partial charge < -0.3 is 14.4 Å². The van der Waals surface area contributed by atoms with Gasteiger partial charge in [-0.2, -0.15) is 20.5 Å². The number of aromatic nitrogens is 2. The molecule has 128 valence electrons. The molecule has 0 N–H and O–H groups in total. The lowest BCUT2D eigenvalue weighted by atomic mass is 9.89. The average molecular weight is 345 g/mol. The first-order valence-corrected chi connectivity index (χ1v) is 8.10. The summed E-state index contributed by atoms with van der Waals surface area (Å²) in [7, 11) is 2.99. The molecule has 1 unspecified atom stereocenters. The van der Waals surface area contributed by atoms with Gasteiger partial charge in [-0.25, -0.2) is 0 Å². The summed E-state index contributed by atoms with van der Waals surface area (Å²) in [6, 6.07) is 10.3. The van der Waals surface area contributed by atoms with Gasteiger partial charge in [0.1, 0.15) is 17.7 Å². The third kappa shape index (κ3) is 1.98. The van der Waals surface area contributed by atoms with Gasteiger partial charge in [-0.15, -0.1) is 0 Å². The summed E-state index contributed by atoms with van der Waals surface area (Å²) in [5.41, 5.74) is 4.02. The molecule has 2 aromatic rings. The van der Waals surface area contributed by atoms with Crippen molar-refractivity contribution < 1.29 is 9.47 Å². The fourth-order valence-electron chi connectivity index (χ4n) is 3.76. The van der Waals surface area contributed by atoms with E-state index in [0.29, 0.717) is 17.0 Å². The first-order valence-electron chi connectivity index (χ1n) is 8.10. The highest BCUT2D eigenvalue weighted by atomic mass is 16.5. The number of ether oxygens (including phenoxy) is 2. The molecule has 1 aromatic carbocycles. The van der Waals surface area contributed by atoms with E-state index >= 15 is 0 Å². The Morgan fingerprint density at radius 1 is 1.19 bits per heavy atom. The third-order valence-corrected chi connectivity index (χ3v) is 4.75. The van der Waals surface area contributed by atoms with Crippen LogP contribution in [0.3, 0.4) is 0 Å². The third-order valence-electron chi connectivity index (χ3n) is 4.75. The van der Waals surface area contributed by atoms with E-state index in [2.05, 4.69) is 27.9 Å². The first kappa shape index (κ1) is 15.9. The molecule has 0 radical (unpaired) electrons. The summed E-state index contributed by atoms with van der Waals surface area (Å²) in [4.78, 5) is 10.9. The van der Waals surface area contributed by atoms with Crippen LogP contribution < -0.4 is 14.4 Å². The minimum Gasteiger partial charge on any atom is -0.480 e. The van der Waals surface area contributed by atoms with Gasteiger partial charge in [-0.3, -0.25) is 0 Å². The lowest BCUT2D eigenvalue weighted by molar-refractivity contribution is 0.351. The number of anilines is 2. The number of methoxy groups -OCH3 is 2. The number of benzene rings is 1. The van der Waals surface area contributed by atoms with Crippen molar-refractivity contribution in [3.63, 3.8) is 0 Å². The molecular formula is C19H15N5O2. The molecule has 0 saturated heterocycles. The molecule has 26 heavy (non-hydrogen) atoms. The van der Waals surface area contributed by atoms with E-state index in [9.17, 15) is 10.5 Å². The van der Waals surface area contributed by atoms with E-state index < -0.39 is 0 Å². The molecule has 0 amide bonds. The summed E-state index contributed by atoms with van der Waals surface area (Å²) in [5, 5.41) is 19.1. The van der Waals surface area contributed by atoms with Gasteiger partial charge in [0, 0.05) is 17.2 Å². The second kappa shape index (κ2) is 5.75. The number of hydrogen-bond donors (Lipinski definition) is 0. The smallest absolute Gasteiger partial charge is 0.321 e. The highest BCUT2D eigenvalue weighted by molar-refractivity contribution is 6.03. The van der Waals surface area contributed by atoms with Crippen molar-refractivity contribution in [1.82, 2.24) is 9.97 Å². The summed E-state index contributed by atoms with van der Waals surface area (Å²) in [6.45, 7) is 2.11. The summed E-state index contributed by atoms with van der Waals surface area (Å²) >= 11 is 0. The molecule has 0 spiro atoms. The van der Waals surface area contributed by atoms with E-state index in [1.807, 2.05) is 24.3 Å². The highest BCUT2D eigenvalue weighted by Crippen LogP contribution is 2.53. The maximum absolute atomic E-state index is 9.55. The van der Waals surface area contributed by atoms with E-state index in [4.69, 9.17) is 9.47 Å². The number of nitrogens with zero attached hydrogens (tertiary/aromatic N) is 5. The standard InChI is InChI=1S/C19H15N5O2/c1-10-7-11-5-4-6-13-14(12(8-20)9-21)15-17(24(10)16(11)13)22-19(26-3)23-18(15)25-2/h4-6,10H,7H2,1-3H3. The van der Waals surface area contributed by atoms with Gasteiger partial charge in [0.05, 0.1) is 25.5 Å². The number of fused-ring (bicyclic) bond motifs is 2. The fraction of sp³-hybridized carbons (Fsp3) is 0.263. The predicted molar refractivity (Wildman–Crippen MR) is 94.1 cm³/mol. The summed E-state index contributed by atoms with van der Waals surface area (Å²) < 4.78 is 10.7. The minimum atomic E-state index is 0.00548. The van der Waals surface area contributed by atoms with Crippen LogP contribution in [0.15, 0.2) is 23.8 Å². The van der Waals surface area contributed by atoms with E-state index in [0.717, 1.165) is 23.2 Å². The van der Waals surface area contributed by atoms with Crippen molar-refractivity contribution in [3.05, 3.63) is 40.5 Å².